The summed E-state index contributed by atoms with van der Waals surface area (Å²) in [4.78, 5) is 14.9. The van der Waals surface area contributed by atoms with E-state index in [2.05, 4.69) is 0 Å². The van der Waals surface area contributed by atoms with Gasteiger partial charge in [0.05, 0.1) is 6.10 Å². The molecular weight excluding hydrogens is 252 g/mol. The second kappa shape index (κ2) is 5.54. The molecule has 0 radical (unpaired) electrons. The summed E-state index contributed by atoms with van der Waals surface area (Å²) < 4.78 is 0. The van der Waals surface area contributed by atoms with Gasteiger partial charge >= 0.3 is 0 Å². The molecule has 0 aliphatic carbocycles. The highest BCUT2D eigenvalue weighted by atomic mass is 16.3. The van der Waals surface area contributed by atoms with E-state index in [-0.39, 0.29) is 24.1 Å². The first-order valence-corrected chi connectivity index (χ1v) is 7.49. The minimum absolute atomic E-state index is 0.119. The molecule has 2 unspecified atom stereocenters. The van der Waals surface area contributed by atoms with Crippen molar-refractivity contribution in [2.75, 3.05) is 6.54 Å². The van der Waals surface area contributed by atoms with Gasteiger partial charge < -0.3 is 15.7 Å². The summed E-state index contributed by atoms with van der Waals surface area (Å²) >= 11 is 0. The highest BCUT2D eigenvalue weighted by molar-refractivity contribution is 5.96. The molecule has 3 rings (SSSR count). The number of hydrogen-bond donors (Lipinski definition) is 2. The van der Waals surface area contributed by atoms with Crippen molar-refractivity contribution in [1.82, 2.24) is 4.90 Å². The van der Waals surface area contributed by atoms with E-state index < -0.39 is 0 Å². The van der Waals surface area contributed by atoms with E-state index >= 15 is 0 Å². The molecule has 3 N–H and O–H groups in total. The maximum Gasteiger partial charge on any atom is 0.254 e. The Morgan fingerprint density at radius 1 is 1.25 bits per heavy atom. The van der Waals surface area contributed by atoms with Crippen molar-refractivity contribution >= 4 is 5.91 Å². The van der Waals surface area contributed by atoms with Crippen molar-refractivity contribution in [2.24, 2.45) is 5.73 Å². The molecule has 0 aromatic heterocycles. The highest BCUT2D eigenvalue weighted by Crippen LogP contribution is 2.37. The van der Waals surface area contributed by atoms with Crippen LogP contribution in [0.4, 0.5) is 0 Å². The lowest BCUT2D eigenvalue weighted by Crippen LogP contribution is -2.48. The molecule has 1 aromatic carbocycles. The number of nitrogens with zero attached hydrogens (tertiary/aromatic N) is 1. The topological polar surface area (TPSA) is 66.6 Å². The molecule has 0 saturated carbocycles. The second-order valence-corrected chi connectivity index (χ2v) is 5.92. The Labute approximate surface area is 119 Å². The summed E-state index contributed by atoms with van der Waals surface area (Å²) in [5.41, 5.74) is 7.45. The third-order valence-electron chi connectivity index (χ3n) is 4.60. The number of carbonyl (C=O) groups excluding carboxylic acids is 1. The minimum Gasteiger partial charge on any atom is -0.393 e. The van der Waals surface area contributed by atoms with E-state index in [0.717, 1.165) is 43.2 Å². The lowest BCUT2D eigenvalue weighted by Gasteiger charge is -2.37. The van der Waals surface area contributed by atoms with Crippen molar-refractivity contribution in [3.8, 4) is 0 Å². The average molecular weight is 274 g/mol. The maximum atomic E-state index is 12.9. The van der Waals surface area contributed by atoms with Crippen LogP contribution in [0.3, 0.4) is 0 Å². The van der Waals surface area contributed by atoms with Crippen LogP contribution in [0, 0.1) is 0 Å². The summed E-state index contributed by atoms with van der Waals surface area (Å²) in [5.74, 6) is 0.119. The van der Waals surface area contributed by atoms with Crippen LogP contribution in [0.2, 0.25) is 0 Å². The van der Waals surface area contributed by atoms with E-state index in [9.17, 15) is 9.90 Å². The fourth-order valence-corrected chi connectivity index (χ4v) is 3.72. The number of piperidine rings is 1. The molecule has 2 fully saturated rings. The van der Waals surface area contributed by atoms with Crippen molar-refractivity contribution in [3.05, 3.63) is 35.4 Å². The maximum absolute atomic E-state index is 12.9. The Balaban J connectivity index is 1.86. The molecule has 2 saturated heterocycles. The monoisotopic (exact) mass is 274 g/mol. The van der Waals surface area contributed by atoms with Crippen molar-refractivity contribution in [3.63, 3.8) is 0 Å². The second-order valence-electron chi connectivity index (χ2n) is 5.92. The highest BCUT2D eigenvalue weighted by Gasteiger charge is 2.43. The molecule has 4 heteroatoms. The normalized spacial score (nSPS) is 28.7. The van der Waals surface area contributed by atoms with Gasteiger partial charge in [0.2, 0.25) is 0 Å². The van der Waals surface area contributed by atoms with E-state index in [1.54, 1.807) is 0 Å². The van der Waals surface area contributed by atoms with Gasteiger partial charge in [-0.25, -0.2) is 0 Å². The fraction of sp³-hybridized carbons (Fsp3) is 0.562. The molecule has 0 spiro atoms. The number of carbonyl (C=O) groups is 1. The van der Waals surface area contributed by atoms with Gasteiger partial charge in [-0.15, -0.1) is 0 Å². The van der Waals surface area contributed by atoms with E-state index in [0.29, 0.717) is 6.54 Å². The van der Waals surface area contributed by atoms with Crippen LogP contribution in [0.5, 0.6) is 0 Å². The molecule has 2 bridgehead atoms. The summed E-state index contributed by atoms with van der Waals surface area (Å²) in [6.07, 6.45) is 3.98. The van der Waals surface area contributed by atoms with Crippen LogP contribution in [0.1, 0.15) is 41.6 Å². The number of hydrogen-bond acceptors (Lipinski definition) is 3. The van der Waals surface area contributed by atoms with Crippen molar-refractivity contribution < 1.29 is 9.90 Å². The molecule has 4 nitrogen and oxygen atoms in total. The number of aliphatic hydroxyl groups excluding tert-OH is 1. The molecule has 108 valence electrons. The van der Waals surface area contributed by atoms with Crippen molar-refractivity contribution in [1.29, 1.82) is 0 Å². The zero-order valence-electron chi connectivity index (χ0n) is 11.7. The largest absolute Gasteiger partial charge is 0.393 e. The Morgan fingerprint density at radius 3 is 2.55 bits per heavy atom. The first kappa shape index (κ1) is 13.6. The van der Waals surface area contributed by atoms with Gasteiger partial charge in [0.15, 0.2) is 0 Å². The van der Waals surface area contributed by atoms with Crippen LogP contribution >= 0.6 is 0 Å². The third kappa shape index (κ3) is 2.34. The van der Waals surface area contributed by atoms with Crippen LogP contribution in [0.25, 0.3) is 0 Å². The first-order chi connectivity index (χ1) is 9.70. The van der Waals surface area contributed by atoms with Gasteiger partial charge in [0.25, 0.3) is 5.91 Å². The van der Waals surface area contributed by atoms with E-state index in [4.69, 9.17) is 5.73 Å². The number of rotatable bonds is 3. The molecule has 20 heavy (non-hydrogen) atoms. The number of benzene rings is 1. The molecule has 2 aliphatic rings. The standard InChI is InChI=1S/C16H22N2O2/c17-8-7-11-3-1-2-4-15(11)16(20)18-12-5-6-13(18)10-14(19)9-12/h1-4,12-14,19H,5-10,17H2. The lowest BCUT2D eigenvalue weighted by molar-refractivity contribution is 0.0286. The predicted molar refractivity (Wildman–Crippen MR) is 77.4 cm³/mol. The van der Waals surface area contributed by atoms with E-state index in [1.165, 1.54) is 0 Å². The molecular formula is C16H22N2O2. The summed E-state index contributed by atoms with van der Waals surface area (Å²) in [7, 11) is 0. The van der Waals surface area contributed by atoms with Gasteiger partial charge in [-0.05, 0) is 50.3 Å². The van der Waals surface area contributed by atoms with Crippen LogP contribution in [-0.4, -0.2) is 40.6 Å². The Hall–Kier alpha value is -1.39. The molecule has 1 amide bonds. The van der Waals surface area contributed by atoms with Gasteiger partial charge in [0, 0.05) is 17.6 Å². The zero-order chi connectivity index (χ0) is 14.1. The van der Waals surface area contributed by atoms with Crippen molar-refractivity contribution in [2.45, 2.75) is 50.3 Å². The molecule has 2 heterocycles. The number of fused-ring (bicyclic) bond motifs is 2. The number of nitrogens with two attached hydrogens (primary N) is 1. The van der Waals surface area contributed by atoms with Gasteiger partial charge in [0.1, 0.15) is 0 Å². The number of aliphatic hydroxyl groups is 1. The van der Waals surface area contributed by atoms with E-state index in [1.807, 2.05) is 29.2 Å². The molecule has 2 aliphatic heterocycles. The Kier molecular flexibility index (Phi) is 3.76. The summed E-state index contributed by atoms with van der Waals surface area (Å²) in [5, 5.41) is 9.84. The molecule has 1 aromatic rings. The molecule has 2 atom stereocenters. The van der Waals surface area contributed by atoms with Gasteiger partial charge in [-0.1, -0.05) is 18.2 Å². The predicted octanol–water partition coefficient (Wildman–Crippen LogP) is 1.32. The quantitative estimate of drug-likeness (QED) is 0.873. The van der Waals surface area contributed by atoms with Crippen LogP contribution in [-0.2, 0) is 6.42 Å². The van der Waals surface area contributed by atoms with Gasteiger partial charge in [-0.3, -0.25) is 4.79 Å². The average Bonchev–Trinajstić information content (AvgIpc) is 2.71. The Morgan fingerprint density at radius 2 is 1.90 bits per heavy atom. The Bertz CT molecular complexity index is 489. The smallest absolute Gasteiger partial charge is 0.254 e. The third-order valence-corrected chi connectivity index (χ3v) is 4.60. The lowest BCUT2D eigenvalue weighted by atomic mass is 9.97. The fourth-order valence-electron chi connectivity index (χ4n) is 3.72. The first-order valence-electron chi connectivity index (χ1n) is 7.49. The minimum atomic E-state index is -0.240. The SMILES string of the molecule is NCCc1ccccc1C(=O)N1C2CCC1CC(O)C2. The number of amides is 1. The van der Waals surface area contributed by atoms with Crippen LogP contribution < -0.4 is 5.73 Å². The zero-order valence-corrected chi connectivity index (χ0v) is 11.7. The summed E-state index contributed by atoms with van der Waals surface area (Å²) in [6, 6.07) is 8.17. The summed E-state index contributed by atoms with van der Waals surface area (Å²) in [6.45, 7) is 0.551. The van der Waals surface area contributed by atoms with Gasteiger partial charge in [-0.2, -0.15) is 0 Å². The van der Waals surface area contributed by atoms with Crippen LogP contribution in [0.15, 0.2) is 24.3 Å².